The van der Waals surface area contributed by atoms with E-state index in [0.29, 0.717) is 17.4 Å². The van der Waals surface area contributed by atoms with Crippen LogP contribution in [0.15, 0.2) is 85.1 Å². The van der Waals surface area contributed by atoms with Gasteiger partial charge in [0.25, 0.3) is 7.82 Å². The molecule has 0 aromatic carbocycles. The van der Waals surface area contributed by atoms with Crippen LogP contribution in [-0.4, -0.2) is 69.4 Å². The van der Waals surface area contributed by atoms with E-state index >= 15 is 0 Å². The summed E-state index contributed by atoms with van der Waals surface area (Å²) in [7, 11) is 1.17. The SMILES string of the molecule is CC/C=C/C=C/C=C/CCCCCCCCCC(=O)NC(COP(=O)([O-])OCC[N+](C)(C)C)C(/C=C\CCCCCCCCCCCCC)OC(=O)CCCCCCCCCCCC/C=C\C/C=C\C/C=C\CCCCC. The van der Waals surface area contributed by atoms with Crippen LogP contribution in [0.1, 0.15) is 278 Å². The minimum atomic E-state index is -4.71. The van der Waals surface area contributed by atoms with Crippen molar-refractivity contribution in [2.45, 2.75) is 290 Å². The second-order valence-electron chi connectivity index (χ2n) is 22.6. The molecule has 0 aliphatic rings. The Bertz CT molecular complexity index is 1590. The fraction of sp³-hybridized carbons (Fsp3) is 0.761. The summed E-state index contributed by atoms with van der Waals surface area (Å²) in [5, 5.41) is 3.02. The van der Waals surface area contributed by atoms with E-state index in [2.05, 4.69) is 99.0 Å². The van der Waals surface area contributed by atoms with Crippen LogP contribution in [0, 0.1) is 0 Å². The highest BCUT2D eigenvalue weighted by atomic mass is 31.2. The number of quaternary nitrogens is 1. The predicted octanol–water partition coefficient (Wildman–Crippen LogP) is 19.1. The first-order valence-corrected chi connectivity index (χ1v) is 33.4. The van der Waals surface area contributed by atoms with Crippen LogP contribution in [0.5, 0.6) is 0 Å². The summed E-state index contributed by atoms with van der Waals surface area (Å²) < 4.78 is 30.3. The van der Waals surface area contributed by atoms with Crippen molar-refractivity contribution in [2.75, 3.05) is 40.9 Å². The first kappa shape index (κ1) is 74.2. The molecule has 0 aliphatic heterocycles. The van der Waals surface area contributed by atoms with Gasteiger partial charge in [-0.2, -0.15) is 0 Å². The van der Waals surface area contributed by atoms with Gasteiger partial charge >= 0.3 is 5.97 Å². The zero-order valence-corrected chi connectivity index (χ0v) is 51.8. The van der Waals surface area contributed by atoms with Crippen LogP contribution in [0.3, 0.4) is 0 Å². The highest BCUT2D eigenvalue weighted by Gasteiger charge is 2.27. The van der Waals surface area contributed by atoms with E-state index in [-0.39, 0.29) is 24.9 Å². The van der Waals surface area contributed by atoms with Crippen molar-refractivity contribution in [3.05, 3.63) is 85.1 Å². The predicted molar refractivity (Wildman–Crippen MR) is 330 cm³/mol. The lowest BCUT2D eigenvalue weighted by molar-refractivity contribution is -0.870. The van der Waals surface area contributed by atoms with E-state index in [1.807, 2.05) is 33.3 Å². The first-order valence-electron chi connectivity index (χ1n) is 31.9. The lowest BCUT2D eigenvalue weighted by Gasteiger charge is -2.30. The number of unbranched alkanes of at least 4 members (excludes halogenated alkanes) is 31. The molecule has 1 amide bonds. The molecule has 10 heteroatoms. The van der Waals surface area contributed by atoms with Crippen molar-refractivity contribution in [3.8, 4) is 0 Å². The molecule has 0 aromatic heterocycles. The quantitative estimate of drug-likeness (QED) is 0.0161. The molecule has 0 heterocycles. The van der Waals surface area contributed by atoms with Gasteiger partial charge in [0, 0.05) is 12.8 Å². The largest absolute Gasteiger partial charge is 0.756 e. The van der Waals surface area contributed by atoms with Crippen LogP contribution in [-0.2, 0) is 27.9 Å². The van der Waals surface area contributed by atoms with Crippen molar-refractivity contribution in [1.29, 1.82) is 0 Å². The Morgan fingerprint density at radius 1 is 0.481 bits per heavy atom. The van der Waals surface area contributed by atoms with Gasteiger partial charge in [-0.15, -0.1) is 0 Å². The van der Waals surface area contributed by atoms with Gasteiger partial charge in [-0.25, -0.2) is 0 Å². The molecule has 9 nitrogen and oxygen atoms in total. The molecule has 0 rings (SSSR count). The summed E-state index contributed by atoms with van der Waals surface area (Å²) in [6.45, 7) is 6.68. The van der Waals surface area contributed by atoms with E-state index < -0.39 is 26.6 Å². The van der Waals surface area contributed by atoms with Crippen LogP contribution in [0.4, 0.5) is 0 Å². The third-order valence-corrected chi connectivity index (χ3v) is 14.8. The average Bonchev–Trinajstić information content (AvgIpc) is 3.39. The monoisotopic (exact) mass is 1100 g/mol. The molecule has 446 valence electrons. The molecule has 0 bridgehead atoms. The highest BCUT2D eigenvalue weighted by Crippen LogP contribution is 2.38. The van der Waals surface area contributed by atoms with Gasteiger partial charge in [0.1, 0.15) is 19.3 Å². The minimum Gasteiger partial charge on any atom is -0.756 e. The van der Waals surface area contributed by atoms with Crippen molar-refractivity contribution in [1.82, 2.24) is 5.32 Å². The molecule has 3 atom stereocenters. The van der Waals surface area contributed by atoms with E-state index in [0.717, 1.165) is 103 Å². The standard InChI is InChI=1S/C67H121N2O7P/c1-7-10-13-16-19-22-25-28-30-31-32-33-34-35-36-37-39-42-45-48-51-54-57-60-67(71)76-65(58-55-52-49-46-43-40-27-24-21-18-15-12-9-3)64(63-75-77(72,73)74-62-61-69(4,5)6)68-66(70)59-56-53-50-47-44-41-38-29-26-23-20-17-14-11-8-2/h11,14,17,19-20,22-23,26,28,30,32-33,55,58,64-65H,7-10,12-13,15-16,18,21,24-25,27,29,31,34-54,56-57,59-63H2,1-6H3,(H-,68,70,72,73)/b14-11+,20-17+,22-19-,26-23+,30-28-,33-32-,58-55-. The summed E-state index contributed by atoms with van der Waals surface area (Å²) >= 11 is 0. The number of hydrogen-bond acceptors (Lipinski definition) is 7. The van der Waals surface area contributed by atoms with Crippen LogP contribution >= 0.6 is 7.82 Å². The van der Waals surface area contributed by atoms with E-state index in [1.54, 1.807) is 0 Å². The van der Waals surface area contributed by atoms with Crippen molar-refractivity contribution >= 4 is 19.7 Å². The molecule has 0 fully saturated rings. The number of carbonyl (C=O) groups is 2. The fourth-order valence-corrected chi connectivity index (χ4v) is 9.66. The summed E-state index contributed by atoms with van der Waals surface area (Å²) in [4.78, 5) is 40.0. The van der Waals surface area contributed by atoms with Gasteiger partial charge in [-0.05, 0) is 89.5 Å². The van der Waals surface area contributed by atoms with Gasteiger partial charge in [0.2, 0.25) is 5.91 Å². The molecular formula is C67H121N2O7P. The van der Waals surface area contributed by atoms with Gasteiger partial charge in [-0.3, -0.25) is 14.2 Å². The Morgan fingerprint density at radius 3 is 1.38 bits per heavy atom. The van der Waals surface area contributed by atoms with E-state index in [4.69, 9.17) is 13.8 Å². The van der Waals surface area contributed by atoms with Gasteiger partial charge < -0.3 is 28.5 Å². The topological polar surface area (TPSA) is 114 Å². The number of hydrogen-bond donors (Lipinski definition) is 1. The average molecular weight is 1100 g/mol. The van der Waals surface area contributed by atoms with E-state index in [1.165, 1.54) is 141 Å². The number of phosphoric acid groups is 1. The molecule has 0 saturated carbocycles. The maximum absolute atomic E-state index is 13.5. The molecule has 0 saturated heterocycles. The fourth-order valence-electron chi connectivity index (χ4n) is 8.94. The normalized spacial score (nSPS) is 14.2. The number of ether oxygens (including phenoxy) is 1. The summed E-state index contributed by atoms with van der Waals surface area (Å²) in [5.41, 5.74) is 0. The van der Waals surface area contributed by atoms with Crippen molar-refractivity contribution in [2.24, 2.45) is 0 Å². The Kier molecular flexibility index (Phi) is 54.4. The summed E-state index contributed by atoms with van der Waals surface area (Å²) in [6.07, 6.45) is 74.0. The number of carbonyl (C=O) groups excluding carboxylic acids is 2. The Labute approximate surface area is 476 Å². The third kappa shape index (κ3) is 57.7. The molecule has 0 spiro atoms. The Morgan fingerprint density at radius 2 is 0.883 bits per heavy atom. The van der Waals surface area contributed by atoms with Crippen molar-refractivity contribution in [3.63, 3.8) is 0 Å². The number of nitrogens with one attached hydrogen (secondary N) is 1. The van der Waals surface area contributed by atoms with Crippen LogP contribution in [0.2, 0.25) is 0 Å². The molecule has 0 aliphatic carbocycles. The van der Waals surface area contributed by atoms with Gasteiger partial charge in [0.05, 0.1) is 33.8 Å². The smallest absolute Gasteiger partial charge is 0.306 e. The van der Waals surface area contributed by atoms with E-state index in [9.17, 15) is 19.0 Å². The van der Waals surface area contributed by atoms with Crippen LogP contribution in [0.25, 0.3) is 0 Å². The molecule has 77 heavy (non-hydrogen) atoms. The number of rotatable bonds is 57. The Balaban J connectivity index is 5.22. The number of likely N-dealkylation sites (N-methyl/N-ethyl adjacent to an activating group) is 1. The Hall–Kier alpha value is -2.81. The number of nitrogens with zero attached hydrogens (tertiary/aromatic N) is 1. The zero-order chi connectivity index (χ0) is 56.4. The lowest BCUT2D eigenvalue weighted by Crippen LogP contribution is -2.47. The maximum atomic E-state index is 13.5. The zero-order valence-electron chi connectivity index (χ0n) is 50.9. The maximum Gasteiger partial charge on any atom is 0.306 e. The first-order chi connectivity index (χ1) is 37.4. The molecular weight excluding hydrogens is 976 g/mol. The van der Waals surface area contributed by atoms with Crippen molar-refractivity contribution < 1.29 is 37.3 Å². The van der Waals surface area contributed by atoms with Gasteiger partial charge in [0.15, 0.2) is 0 Å². The second kappa shape index (κ2) is 56.5. The van der Waals surface area contributed by atoms with Gasteiger partial charge in [-0.1, -0.05) is 260 Å². The second-order valence-corrected chi connectivity index (χ2v) is 24.0. The molecule has 1 N–H and O–H groups in total. The summed E-state index contributed by atoms with van der Waals surface area (Å²) in [5.74, 6) is -0.558. The molecule has 0 aromatic rings. The molecule has 0 radical (unpaired) electrons. The highest BCUT2D eigenvalue weighted by molar-refractivity contribution is 7.45. The molecule has 3 unspecified atom stereocenters. The summed E-state index contributed by atoms with van der Waals surface area (Å²) in [6, 6.07) is -0.900. The number of allylic oxidation sites excluding steroid dienone is 13. The van der Waals surface area contributed by atoms with Crippen LogP contribution < -0.4 is 10.2 Å². The third-order valence-electron chi connectivity index (χ3n) is 13.9. The lowest BCUT2D eigenvalue weighted by atomic mass is 10.0. The number of esters is 1. The number of phosphoric ester groups is 1. The minimum absolute atomic E-state index is 0.0286. The number of amides is 1.